The maximum atomic E-state index is 4.08. The van der Waals surface area contributed by atoms with E-state index in [4.69, 9.17) is 0 Å². The smallest absolute Gasteiger partial charge is 0.0271 e. The lowest BCUT2D eigenvalue weighted by Crippen LogP contribution is -2.51. The first-order chi connectivity index (χ1) is 8.25. The molecule has 1 N–H and O–H groups in total. The molecule has 1 aromatic rings. The second-order valence-corrected chi connectivity index (χ2v) is 5.31. The van der Waals surface area contributed by atoms with Crippen molar-refractivity contribution < 1.29 is 0 Å². The third kappa shape index (κ3) is 3.79. The topological polar surface area (TPSA) is 28.2 Å². The molecule has 0 aliphatic carbocycles. The molecule has 0 radical (unpaired) electrons. The Morgan fingerprint density at radius 2 is 2.18 bits per heavy atom. The number of pyridine rings is 1. The van der Waals surface area contributed by atoms with Crippen LogP contribution in [-0.4, -0.2) is 35.6 Å². The van der Waals surface area contributed by atoms with Crippen LogP contribution in [0.3, 0.4) is 0 Å². The molecular formula is C14H23N3. The lowest BCUT2D eigenvalue weighted by Gasteiger charge is -2.37. The fourth-order valence-electron chi connectivity index (χ4n) is 2.51. The third-order valence-electron chi connectivity index (χ3n) is 3.35. The number of rotatable bonds is 4. The summed E-state index contributed by atoms with van der Waals surface area (Å²) >= 11 is 0. The normalized spacial score (nSPS) is 21.9. The Balaban J connectivity index is 1.96. The minimum Gasteiger partial charge on any atom is -0.314 e. The van der Waals surface area contributed by atoms with Gasteiger partial charge < -0.3 is 5.32 Å². The zero-order valence-electron chi connectivity index (χ0n) is 10.9. The van der Waals surface area contributed by atoms with Crippen molar-refractivity contribution in [1.82, 2.24) is 15.2 Å². The standard InChI is InChI=1S/C14H23N3/c1-12(2)9-14-10-16-7-8-17(14)11-13-3-5-15-6-4-13/h3-6,12,14,16H,7-11H2,1-2H3. The lowest BCUT2D eigenvalue weighted by molar-refractivity contribution is 0.134. The van der Waals surface area contributed by atoms with Crippen LogP contribution >= 0.6 is 0 Å². The molecule has 3 heteroatoms. The molecular weight excluding hydrogens is 210 g/mol. The molecule has 1 aromatic heterocycles. The molecule has 1 fully saturated rings. The third-order valence-corrected chi connectivity index (χ3v) is 3.35. The summed E-state index contributed by atoms with van der Waals surface area (Å²) in [5.41, 5.74) is 1.37. The van der Waals surface area contributed by atoms with Gasteiger partial charge in [0.1, 0.15) is 0 Å². The molecule has 0 amide bonds. The first-order valence-electron chi connectivity index (χ1n) is 6.59. The highest BCUT2D eigenvalue weighted by Crippen LogP contribution is 2.16. The van der Waals surface area contributed by atoms with E-state index in [-0.39, 0.29) is 0 Å². The largest absolute Gasteiger partial charge is 0.314 e. The van der Waals surface area contributed by atoms with Gasteiger partial charge in [-0.15, -0.1) is 0 Å². The maximum absolute atomic E-state index is 4.08. The van der Waals surface area contributed by atoms with E-state index in [1.807, 2.05) is 12.4 Å². The molecule has 2 rings (SSSR count). The minimum atomic E-state index is 0.678. The summed E-state index contributed by atoms with van der Waals surface area (Å²) in [5, 5.41) is 3.50. The van der Waals surface area contributed by atoms with E-state index in [1.54, 1.807) is 0 Å². The van der Waals surface area contributed by atoms with E-state index in [0.29, 0.717) is 6.04 Å². The molecule has 0 saturated carbocycles. The Bertz CT molecular complexity index is 323. The predicted octanol–water partition coefficient (Wildman–Crippen LogP) is 1.90. The maximum Gasteiger partial charge on any atom is 0.0271 e. The second kappa shape index (κ2) is 6.12. The molecule has 3 nitrogen and oxygen atoms in total. The molecule has 1 saturated heterocycles. The number of nitrogens with one attached hydrogen (secondary N) is 1. The van der Waals surface area contributed by atoms with E-state index in [9.17, 15) is 0 Å². The van der Waals surface area contributed by atoms with Crippen LogP contribution in [0.25, 0.3) is 0 Å². The van der Waals surface area contributed by atoms with Crippen molar-refractivity contribution >= 4 is 0 Å². The Kier molecular flexibility index (Phi) is 4.51. The average molecular weight is 233 g/mol. The fraction of sp³-hybridized carbons (Fsp3) is 0.643. The van der Waals surface area contributed by atoms with E-state index in [2.05, 4.69) is 41.2 Å². The Hall–Kier alpha value is -0.930. The molecule has 0 aromatic carbocycles. The molecule has 1 aliphatic rings. The average Bonchev–Trinajstić information content (AvgIpc) is 2.32. The highest BCUT2D eigenvalue weighted by molar-refractivity contribution is 5.09. The van der Waals surface area contributed by atoms with Crippen LogP contribution in [0.4, 0.5) is 0 Å². The number of nitrogens with zero attached hydrogens (tertiary/aromatic N) is 2. The van der Waals surface area contributed by atoms with Crippen LogP contribution in [-0.2, 0) is 6.54 Å². The SMILES string of the molecule is CC(C)CC1CNCCN1Cc1ccncc1. The molecule has 0 spiro atoms. The minimum absolute atomic E-state index is 0.678. The first kappa shape index (κ1) is 12.5. The van der Waals surface area contributed by atoms with Crippen LogP contribution in [0.5, 0.6) is 0 Å². The lowest BCUT2D eigenvalue weighted by atomic mass is 10.0. The number of piperazine rings is 1. The van der Waals surface area contributed by atoms with E-state index in [1.165, 1.54) is 12.0 Å². The Morgan fingerprint density at radius 3 is 2.88 bits per heavy atom. The number of aromatic nitrogens is 1. The van der Waals surface area contributed by atoms with Crippen LogP contribution < -0.4 is 5.32 Å². The van der Waals surface area contributed by atoms with Crippen molar-refractivity contribution in [3.8, 4) is 0 Å². The molecule has 0 bridgehead atoms. The van der Waals surface area contributed by atoms with Gasteiger partial charge in [0.05, 0.1) is 0 Å². The summed E-state index contributed by atoms with van der Waals surface area (Å²) in [5.74, 6) is 0.764. The van der Waals surface area contributed by atoms with Crippen molar-refractivity contribution in [3.63, 3.8) is 0 Å². The van der Waals surface area contributed by atoms with Gasteiger partial charge in [-0.1, -0.05) is 13.8 Å². The molecule has 17 heavy (non-hydrogen) atoms. The molecule has 2 heterocycles. The van der Waals surface area contributed by atoms with Gasteiger partial charge in [0.2, 0.25) is 0 Å². The van der Waals surface area contributed by atoms with Gasteiger partial charge in [0, 0.05) is 44.6 Å². The van der Waals surface area contributed by atoms with Gasteiger partial charge >= 0.3 is 0 Å². The van der Waals surface area contributed by atoms with E-state index in [0.717, 1.165) is 32.1 Å². The molecule has 1 aliphatic heterocycles. The van der Waals surface area contributed by atoms with E-state index < -0.39 is 0 Å². The van der Waals surface area contributed by atoms with Crippen LogP contribution in [0, 0.1) is 5.92 Å². The zero-order chi connectivity index (χ0) is 12.1. The van der Waals surface area contributed by atoms with Crippen molar-refractivity contribution in [1.29, 1.82) is 0 Å². The van der Waals surface area contributed by atoms with Gasteiger partial charge in [-0.05, 0) is 30.0 Å². The van der Waals surface area contributed by atoms with Crippen LogP contribution in [0.15, 0.2) is 24.5 Å². The molecule has 1 atom stereocenters. The molecule has 1 unspecified atom stereocenters. The van der Waals surface area contributed by atoms with Crippen molar-refractivity contribution in [2.45, 2.75) is 32.9 Å². The van der Waals surface area contributed by atoms with Crippen LogP contribution in [0.1, 0.15) is 25.8 Å². The Labute approximate surface area is 104 Å². The zero-order valence-corrected chi connectivity index (χ0v) is 10.9. The highest BCUT2D eigenvalue weighted by Gasteiger charge is 2.22. The van der Waals surface area contributed by atoms with Gasteiger partial charge in [0.15, 0.2) is 0 Å². The summed E-state index contributed by atoms with van der Waals surface area (Å²) in [6.07, 6.45) is 5.04. The van der Waals surface area contributed by atoms with Crippen molar-refractivity contribution in [3.05, 3.63) is 30.1 Å². The predicted molar refractivity (Wildman–Crippen MR) is 70.8 cm³/mol. The van der Waals surface area contributed by atoms with Crippen LogP contribution in [0.2, 0.25) is 0 Å². The quantitative estimate of drug-likeness (QED) is 0.861. The highest BCUT2D eigenvalue weighted by atomic mass is 15.2. The summed E-state index contributed by atoms with van der Waals surface area (Å²) in [6, 6.07) is 4.92. The monoisotopic (exact) mass is 233 g/mol. The van der Waals surface area contributed by atoms with E-state index >= 15 is 0 Å². The van der Waals surface area contributed by atoms with Gasteiger partial charge in [0.25, 0.3) is 0 Å². The number of hydrogen-bond acceptors (Lipinski definition) is 3. The fourth-order valence-corrected chi connectivity index (χ4v) is 2.51. The Morgan fingerprint density at radius 1 is 1.41 bits per heavy atom. The van der Waals surface area contributed by atoms with Crippen molar-refractivity contribution in [2.75, 3.05) is 19.6 Å². The van der Waals surface area contributed by atoms with Crippen molar-refractivity contribution in [2.24, 2.45) is 5.92 Å². The van der Waals surface area contributed by atoms with Gasteiger partial charge in [-0.3, -0.25) is 9.88 Å². The van der Waals surface area contributed by atoms with Gasteiger partial charge in [-0.25, -0.2) is 0 Å². The summed E-state index contributed by atoms with van der Waals surface area (Å²) in [4.78, 5) is 6.68. The molecule has 94 valence electrons. The first-order valence-corrected chi connectivity index (χ1v) is 6.59. The second-order valence-electron chi connectivity index (χ2n) is 5.31. The summed E-state index contributed by atoms with van der Waals surface area (Å²) in [6.45, 7) is 9.06. The van der Waals surface area contributed by atoms with Gasteiger partial charge in [-0.2, -0.15) is 0 Å². The summed E-state index contributed by atoms with van der Waals surface area (Å²) in [7, 11) is 0. The number of hydrogen-bond donors (Lipinski definition) is 1. The summed E-state index contributed by atoms with van der Waals surface area (Å²) < 4.78 is 0.